The summed E-state index contributed by atoms with van der Waals surface area (Å²) in [7, 11) is 0. The number of nitrogens with zero attached hydrogens (tertiary/aromatic N) is 1. The highest BCUT2D eigenvalue weighted by molar-refractivity contribution is 6.32. The Balaban J connectivity index is 1.68. The van der Waals surface area contributed by atoms with E-state index in [9.17, 15) is 0 Å². The van der Waals surface area contributed by atoms with Gasteiger partial charge in [0.1, 0.15) is 0 Å². The molecule has 0 aromatic heterocycles. The van der Waals surface area contributed by atoms with Crippen molar-refractivity contribution >= 4 is 23.0 Å². The molecule has 0 radical (unpaired) electrons. The van der Waals surface area contributed by atoms with E-state index in [0.717, 1.165) is 43.4 Å². The van der Waals surface area contributed by atoms with E-state index < -0.39 is 0 Å². The molecule has 4 heteroatoms. The van der Waals surface area contributed by atoms with Crippen LogP contribution in [0.15, 0.2) is 36.4 Å². The molecular weight excluding hydrogens is 318 g/mol. The van der Waals surface area contributed by atoms with E-state index in [1.54, 1.807) is 0 Å². The first-order valence-corrected chi connectivity index (χ1v) is 9.06. The minimum atomic E-state index is -0.0954. The molecule has 2 N–H and O–H groups in total. The van der Waals surface area contributed by atoms with E-state index in [4.69, 9.17) is 11.6 Å². The fraction of sp³-hybridized carbons (Fsp3) is 0.400. The van der Waals surface area contributed by atoms with Gasteiger partial charge in [0.05, 0.1) is 0 Å². The van der Waals surface area contributed by atoms with Crippen molar-refractivity contribution in [2.45, 2.75) is 25.8 Å². The molecule has 24 heavy (non-hydrogen) atoms. The summed E-state index contributed by atoms with van der Waals surface area (Å²) in [4.78, 5) is 2.51. The molecule has 1 saturated heterocycles. The second-order valence-electron chi connectivity index (χ2n) is 7.32. The van der Waals surface area contributed by atoms with Crippen LogP contribution in [0.1, 0.15) is 30.5 Å². The van der Waals surface area contributed by atoms with Crippen LogP contribution in [0, 0.1) is 0 Å². The first-order valence-electron chi connectivity index (χ1n) is 8.68. The highest BCUT2D eigenvalue weighted by Gasteiger charge is 2.34. The van der Waals surface area contributed by atoms with Crippen molar-refractivity contribution in [2.75, 3.05) is 31.5 Å². The quantitative estimate of drug-likeness (QED) is 0.860. The van der Waals surface area contributed by atoms with Crippen LogP contribution in [-0.4, -0.2) is 31.1 Å². The maximum absolute atomic E-state index is 6.50. The molecule has 126 valence electrons. The van der Waals surface area contributed by atoms with Gasteiger partial charge in [-0.25, -0.2) is 0 Å². The van der Waals surface area contributed by atoms with Crippen molar-refractivity contribution in [3.8, 4) is 0 Å². The molecule has 2 aliphatic heterocycles. The second-order valence-corrected chi connectivity index (χ2v) is 7.73. The van der Waals surface area contributed by atoms with Crippen LogP contribution in [0.5, 0.6) is 0 Å². The number of anilines is 2. The molecule has 0 atom stereocenters. The SMILES string of the molecule is CC1(C)c2ccc(CN3CCNCC3)cc2Nc2cccc(Cl)c21. The monoisotopic (exact) mass is 341 g/mol. The lowest BCUT2D eigenvalue weighted by atomic mass is 9.74. The van der Waals surface area contributed by atoms with E-state index in [2.05, 4.69) is 53.6 Å². The number of benzene rings is 2. The Hall–Kier alpha value is -1.55. The van der Waals surface area contributed by atoms with Gasteiger partial charge in [-0.05, 0) is 29.3 Å². The van der Waals surface area contributed by atoms with Gasteiger partial charge in [-0.15, -0.1) is 0 Å². The average Bonchev–Trinajstić information content (AvgIpc) is 2.55. The third-order valence-electron chi connectivity index (χ3n) is 5.28. The fourth-order valence-electron chi connectivity index (χ4n) is 4.01. The number of nitrogens with one attached hydrogen (secondary N) is 2. The van der Waals surface area contributed by atoms with Crippen LogP contribution in [0.4, 0.5) is 11.4 Å². The Kier molecular flexibility index (Phi) is 4.03. The van der Waals surface area contributed by atoms with Crippen LogP contribution in [0.3, 0.4) is 0 Å². The minimum Gasteiger partial charge on any atom is -0.355 e. The zero-order valence-electron chi connectivity index (χ0n) is 14.3. The largest absolute Gasteiger partial charge is 0.355 e. The normalized spacial score (nSPS) is 19.3. The summed E-state index contributed by atoms with van der Waals surface area (Å²) in [6.45, 7) is 9.94. The third-order valence-corrected chi connectivity index (χ3v) is 5.60. The smallest absolute Gasteiger partial charge is 0.0467 e. The minimum absolute atomic E-state index is 0.0954. The van der Waals surface area contributed by atoms with Gasteiger partial charge in [-0.3, -0.25) is 4.90 Å². The number of hydrogen-bond donors (Lipinski definition) is 2. The van der Waals surface area contributed by atoms with Crippen molar-refractivity contribution < 1.29 is 0 Å². The molecule has 0 unspecified atom stereocenters. The Bertz CT molecular complexity index is 763. The molecule has 2 heterocycles. The van der Waals surface area contributed by atoms with E-state index in [1.165, 1.54) is 22.4 Å². The molecule has 1 fully saturated rings. The van der Waals surface area contributed by atoms with Gasteiger partial charge < -0.3 is 10.6 Å². The van der Waals surface area contributed by atoms with Gasteiger partial charge in [-0.2, -0.15) is 0 Å². The summed E-state index contributed by atoms with van der Waals surface area (Å²) in [6, 6.07) is 13.0. The topological polar surface area (TPSA) is 27.3 Å². The fourth-order valence-corrected chi connectivity index (χ4v) is 4.42. The van der Waals surface area contributed by atoms with Gasteiger partial charge in [0, 0.05) is 60.1 Å². The second kappa shape index (κ2) is 6.07. The third kappa shape index (κ3) is 2.71. The Labute approximate surface area is 149 Å². The standard InChI is InChI=1S/C20H24ClN3/c1-20(2)15-7-6-14(13-24-10-8-22-9-11-24)12-18(15)23-17-5-3-4-16(21)19(17)20/h3-7,12,22-23H,8-11,13H2,1-2H3. The van der Waals surface area contributed by atoms with Crippen LogP contribution in [0.25, 0.3) is 0 Å². The van der Waals surface area contributed by atoms with Crippen molar-refractivity contribution in [1.29, 1.82) is 0 Å². The molecule has 0 amide bonds. The summed E-state index contributed by atoms with van der Waals surface area (Å²) in [5.41, 5.74) is 6.11. The number of piperazine rings is 1. The lowest BCUT2D eigenvalue weighted by Gasteiger charge is -2.37. The van der Waals surface area contributed by atoms with E-state index >= 15 is 0 Å². The molecule has 2 aromatic rings. The van der Waals surface area contributed by atoms with Crippen LogP contribution in [-0.2, 0) is 12.0 Å². The molecule has 0 aliphatic carbocycles. The predicted molar refractivity (Wildman–Crippen MR) is 101 cm³/mol. The molecule has 3 nitrogen and oxygen atoms in total. The summed E-state index contributed by atoms with van der Waals surface area (Å²) < 4.78 is 0. The molecule has 0 saturated carbocycles. The summed E-state index contributed by atoms with van der Waals surface area (Å²) in [5, 5.41) is 7.84. The first kappa shape index (κ1) is 15.9. The molecule has 2 aliphatic rings. The molecular formula is C20H24ClN3. The first-order chi connectivity index (χ1) is 11.6. The van der Waals surface area contributed by atoms with Crippen LogP contribution in [0.2, 0.25) is 5.02 Å². The van der Waals surface area contributed by atoms with Crippen molar-refractivity contribution in [3.63, 3.8) is 0 Å². The zero-order valence-corrected chi connectivity index (χ0v) is 15.1. The molecule has 2 aromatic carbocycles. The maximum Gasteiger partial charge on any atom is 0.0467 e. The van der Waals surface area contributed by atoms with Gasteiger partial charge in [0.2, 0.25) is 0 Å². The van der Waals surface area contributed by atoms with Gasteiger partial charge in [-0.1, -0.05) is 43.6 Å². The van der Waals surface area contributed by atoms with Gasteiger partial charge >= 0.3 is 0 Å². The van der Waals surface area contributed by atoms with E-state index in [1.807, 2.05) is 12.1 Å². The average molecular weight is 342 g/mol. The van der Waals surface area contributed by atoms with Crippen LogP contribution < -0.4 is 10.6 Å². The Morgan fingerprint density at radius 2 is 1.88 bits per heavy atom. The van der Waals surface area contributed by atoms with Crippen molar-refractivity contribution in [3.05, 3.63) is 58.1 Å². The Morgan fingerprint density at radius 3 is 2.67 bits per heavy atom. The summed E-state index contributed by atoms with van der Waals surface area (Å²) in [5.74, 6) is 0. The van der Waals surface area contributed by atoms with Crippen molar-refractivity contribution in [2.24, 2.45) is 0 Å². The lowest BCUT2D eigenvalue weighted by molar-refractivity contribution is 0.233. The zero-order chi connectivity index (χ0) is 16.7. The number of halogens is 1. The van der Waals surface area contributed by atoms with Crippen molar-refractivity contribution in [1.82, 2.24) is 10.2 Å². The predicted octanol–water partition coefficient (Wildman–Crippen LogP) is 4.13. The number of hydrogen-bond acceptors (Lipinski definition) is 3. The van der Waals surface area contributed by atoms with Gasteiger partial charge in [0.25, 0.3) is 0 Å². The number of fused-ring (bicyclic) bond motifs is 2. The highest BCUT2D eigenvalue weighted by Crippen LogP contribution is 2.48. The Morgan fingerprint density at radius 1 is 1.08 bits per heavy atom. The van der Waals surface area contributed by atoms with Crippen LogP contribution >= 0.6 is 11.6 Å². The number of rotatable bonds is 2. The summed E-state index contributed by atoms with van der Waals surface area (Å²) in [6.07, 6.45) is 0. The summed E-state index contributed by atoms with van der Waals surface area (Å²) >= 11 is 6.50. The van der Waals surface area contributed by atoms with Gasteiger partial charge in [0.15, 0.2) is 0 Å². The highest BCUT2D eigenvalue weighted by atomic mass is 35.5. The maximum atomic E-state index is 6.50. The molecule has 0 spiro atoms. The van der Waals surface area contributed by atoms with E-state index in [0.29, 0.717) is 0 Å². The lowest BCUT2D eigenvalue weighted by Crippen LogP contribution is -2.42. The molecule has 4 rings (SSSR count). The van der Waals surface area contributed by atoms with E-state index in [-0.39, 0.29) is 5.41 Å². The molecule has 0 bridgehead atoms.